The van der Waals surface area contributed by atoms with Crippen LogP contribution in [-0.2, 0) is 4.74 Å². The van der Waals surface area contributed by atoms with Crippen LogP contribution in [0.15, 0.2) is 15.9 Å². The molecule has 3 atom stereocenters. The third kappa shape index (κ3) is 5.00. The van der Waals surface area contributed by atoms with E-state index in [9.17, 15) is 0 Å². The van der Waals surface area contributed by atoms with Gasteiger partial charge < -0.3 is 10.5 Å². The first-order valence-electron chi connectivity index (χ1n) is 6.59. The minimum absolute atomic E-state index is 0.0139. The molecule has 0 spiro atoms. The smallest absolute Gasteiger partial charge is 0.107 e. The molecule has 2 N–H and O–H groups in total. The third-order valence-electron chi connectivity index (χ3n) is 2.91. The van der Waals surface area contributed by atoms with Gasteiger partial charge in [0.05, 0.1) is 6.10 Å². The van der Waals surface area contributed by atoms with Gasteiger partial charge >= 0.3 is 0 Å². The maximum absolute atomic E-state index is 6.20. The Kier molecular flexibility index (Phi) is 6.85. The second-order valence-corrected chi connectivity index (χ2v) is 7.09. The molecule has 104 valence electrons. The molecule has 3 unspecified atom stereocenters. The molecule has 0 amide bonds. The Bertz CT molecular complexity index is 353. The summed E-state index contributed by atoms with van der Waals surface area (Å²) < 4.78 is 7.29. The van der Waals surface area contributed by atoms with Crippen LogP contribution in [0.4, 0.5) is 0 Å². The number of nitrogens with two attached hydrogens (primary N) is 1. The van der Waals surface area contributed by atoms with Crippen LogP contribution in [0, 0.1) is 5.92 Å². The van der Waals surface area contributed by atoms with Crippen LogP contribution in [0.2, 0.25) is 0 Å². The average Bonchev–Trinajstić information content (AvgIpc) is 2.70. The number of thiophene rings is 1. The van der Waals surface area contributed by atoms with Gasteiger partial charge in [-0.1, -0.05) is 20.8 Å². The van der Waals surface area contributed by atoms with Gasteiger partial charge in [0.25, 0.3) is 0 Å². The van der Waals surface area contributed by atoms with Crippen LogP contribution in [0.1, 0.15) is 51.5 Å². The topological polar surface area (TPSA) is 35.2 Å². The van der Waals surface area contributed by atoms with Gasteiger partial charge in [-0.3, -0.25) is 0 Å². The summed E-state index contributed by atoms with van der Waals surface area (Å²) in [6, 6.07) is 2.18. The molecule has 0 saturated carbocycles. The maximum Gasteiger partial charge on any atom is 0.107 e. The molecule has 0 saturated heterocycles. The van der Waals surface area contributed by atoms with Crippen molar-refractivity contribution in [2.75, 3.05) is 0 Å². The summed E-state index contributed by atoms with van der Waals surface area (Å²) in [7, 11) is 0. The van der Waals surface area contributed by atoms with Crippen molar-refractivity contribution in [2.24, 2.45) is 11.7 Å². The zero-order valence-electron chi connectivity index (χ0n) is 11.7. The van der Waals surface area contributed by atoms with Crippen LogP contribution in [0.3, 0.4) is 0 Å². The molecule has 18 heavy (non-hydrogen) atoms. The van der Waals surface area contributed by atoms with Gasteiger partial charge in [-0.25, -0.2) is 0 Å². The molecule has 0 radical (unpaired) electrons. The molecular weight excluding hydrogens is 310 g/mol. The lowest BCUT2D eigenvalue weighted by molar-refractivity contribution is -0.0252. The number of hydrogen-bond donors (Lipinski definition) is 1. The average molecular weight is 334 g/mol. The van der Waals surface area contributed by atoms with Gasteiger partial charge in [0, 0.05) is 20.8 Å². The van der Waals surface area contributed by atoms with E-state index in [1.165, 1.54) is 4.88 Å². The third-order valence-corrected chi connectivity index (χ3v) is 4.67. The van der Waals surface area contributed by atoms with Crippen LogP contribution >= 0.6 is 27.3 Å². The molecule has 0 bridgehead atoms. The summed E-state index contributed by atoms with van der Waals surface area (Å²) in [6.07, 6.45) is 2.25. The minimum atomic E-state index is 0.0139. The van der Waals surface area contributed by atoms with E-state index in [0.29, 0.717) is 5.92 Å². The molecule has 1 aromatic rings. The Balaban J connectivity index is 2.73. The summed E-state index contributed by atoms with van der Waals surface area (Å²) in [5.74, 6) is 0.647. The van der Waals surface area contributed by atoms with E-state index in [2.05, 4.69) is 55.1 Å². The van der Waals surface area contributed by atoms with Crippen molar-refractivity contribution in [2.45, 2.75) is 58.8 Å². The lowest BCUT2D eigenvalue weighted by atomic mass is 10.0. The van der Waals surface area contributed by atoms with E-state index >= 15 is 0 Å². The van der Waals surface area contributed by atoms with Gasteiger partial charge in [-0.2, -0.15) is 0 Å². The Morgan fingerprint density at radius 2 is 2.06 bits per heavy atom. The highest BCUT2D eigenvalue weighted by atomic mass is 79.9. The highest BCUT2D eigenvalue weighted by Gasteiger charge is 2.23. The van der Waals surface area contributed by atoms with Gasteiger partial charge in [0.15, 0.2) is 0 Å². The van der Waals surface area contributed by atoms with E-state index in [1.54, 1.807) is 11.3 Å². The Morgan fingerprint density at radius 1 is 1.39 bits per heavy atom. The Morgan fingerprint density at radius 3 is 2.50 bits per heavy atom. The first-order valence-corrected chi connectivity index (χ1v) is 8.26. The van der Waals surface area contributed by atoms with Gasteiger partial charge in [0.1, 0.15) is 6.10 Å². The summed E-state index contributed by atoms with van der Waals surface area (Å²) in [4.78, 5) is 1.21. The molecule has 0 aliphatic rings. The second kappa shape index (κ2) is 7.63. The molecule has 0 aliphatic heterocycles. The van der Waals surface area contributed by atoms with Crippen LogP contribution in [0.25, 0.3) is 0 Å². The number of halogens is 1. The number of hydrogen-bond acceptors (Lipinski definition) is 3. The lowest BCUT2D eigenvalue weighted by Gasteiger charge is -2.27. The first-order chi connectivity index (χ1) is 8.43. The van der Waals surface area contributed by atoms with Crippen LogP contribution < -0.4 is 5.73 Å². The predicted octanol–water partition coefficient (Wildman–Crippen LogP) is 4.74. The highest BCUT2D eigenvalue weighted by molar-refractivity contribution is 9.10. The summed E-state index contributed by atoms with van der Waals surface area (Å²) in [5.41, 5.74) is 6.20. The molecule has 2 nitrogen and oxygen atoms in total. The number of rotatable bonds is 7. The van der Waals surface area contributed by atoms with Crippen molar-refractivity contribution >= 4 is 27.3 Å². The van der Waals surface area contributed by atoms with E-state index in [4.69, 9.17) is 10.5 Å². The molecule has 4 heteroatoms. The van der Waals surface area contributed by atoms with Crippen molar-refractivity contribution in [3.8, 4) is 0 Å². The lowest BCUT2D eigenvalue weighted by Crippen LogP contribution is -2.31. The molecule has 0 aliphatic carbocycles. The maximum atomic E-state index is 6.20. The molecule has 1 aromatic heterocycles. The van der Waals surface area contributed by atoms with E-state index < -0.39 is 0 Å². The monoisotopic (exact) mass is 333 g/mol. The Labute approximate surface area is 123 Å². The number of ether oxygens (including phenoxy) is 1. The fraction of sp³-hybridized carbons (Fsp3) is 0.714. The predicted molar refractivity (Wildman–Crippen MR) is 83.0 cm³/mol. The zero-order valence-corrected chi connectivity index (χ0v) is 14.1. The summed E-state index contributed by atoms with van der Waals surface area (Å²) in [6.45, 7) is 8.68. The quantitative estimate of drug-likeness (QED) is 0.782. The molecular formula is C14H24BrNOS. The van der Waals surface area contributed by atoms with E-state index in [1.807, 2.05) is 0 Å². The first kappa shape index (κ1) is 16.2. The fourth-order valence-corrected chi connectivity index (χ4v) is 3.59. The summed E-state index contributed by atoms with van der Waals surface area (Å²) >= 11 is 5.20. The molecule has 1 rings (SSSR count). The normalized spacial score (nSPS) is 16.8. The van der Waals surface area contributed by atoms with Crippen molar-refractivity contribution in [3.63, 3.8) is 0 Å². The SMILES string of the molecule is CCC(N)C(OC(C)CC(C)C)c1cc(Br)cs1. The van der Waals surface area contributed by atoms with Gasteiger partial charge in [-0.15, -0.1) is 11.3 Å². The van der Waals surface area contributed by atoms with Crippen molar-refractivity contribution in [1.82, 2.24) is 0 Å². The van der Waals surface area contributed by atoms with Crippen molar-refractivity contribution in [3.05, 3.63) is 20.8 Å². The van der Waals surface area contributed by atoms with E-state index in [-0.39, 0.29) is 18.2 Å². The van der Waals surface area contributed by atoms with E-state index in [0.717, 1.165) is 17.3 Å². The molecule has 0 aromatic carbocycles. The minimum Gasteiger partial charge on any atom is -0.368 e. The van der Waals surface area contributed by atoms with Crippen molar-refractivity contribution in [1.29, 1.82) is 0 Å². The molecule has 1 heterocycles. The standard InChI is InChI=1S/C14H24BrNOS/c1-5-12(16)14(13-7-11(15)8-18-13)17-10(4)6-9(2)3/h7-10,12,14H,5-6,16H2,1-4H3. The molecule has 0 fully saturated rings. The Hall–Kier alpha value is 0.1000. The summed E-state index contributed by atoms with van der Waals surface area (Å²) in [5, 5.41) is 2.08. The highest BCUT2D eigenvalue weighted by Crippen LogP contribution is 2.32. The van der Waals surface area contributed by atoms with Gasteiger partial charge in [-0.05, 0) is 47.7 Å². The largest absolute Gasteiger partial charge is 0.368 e. The second-order valence-electron chi connectivity index (χ2n) is 5.24. The van der Waals surface area contributed by atoms with Crippen LogP contribution in [0.5, 0.6) is 0 Å². The van der Waals surface area contributed by atoms with Crippen molar-refractivity contribution < 1.29 is 4.74 Å². The van der Waals surface area contributed by atoms with Gasteiger partial charge in [0.2, 0.25) is 0 Å². The van der Waals surface area contributed by atoms with Crippen LogP contribution in [-0.4, -0.2) is 12.1 Å². The zero-order chi connectivity index (χ0) is 13.7. The fourth-order valence-electron chi connectivity index (χ4n) is 2.04.